The zero-order valence-corrected chi connectivity index (χ0v) is 6.87. The number of aryl methyl sites for hydroxylation is 1. The van der Waals surface area contributed by atoms with Crippen molar-refractivity contribution in [3.05, 3.63) is 16.3 Å². The van der Waals surface area contributed by atoms with E-state index in [-0.39, 0.29) is 0 Å². The van der Waals surface area contributed by atoms with Gasteiger partial charge in [-0.3, -0.25) is 4.79 Å². The average Bonchev–Trinajstić information content (AvgIpc) is 2.37. The minimum Gasteiger partial charge on any atom is -0.314 e. The van der Waals surface area contributed by atoms with E-state index < -0.39 is 5.91 Å². The molecule has 0 spiro atoms. The largest absolute Gasteiger partial charge is 0.314 e. The van der Waals surface area contributed by atoms with Crippen molar-refractivity contribution in [1.29, 1.82) is 0 Å². The van der Waals surface area contributed by atoms with E-state index in [2.05, 4.69) is 5.32 Å². The first-order chi connectivity index (χ1) is 5.24. The molecule has 0 saturated heterocycles. The molecule has 56 valence electrons. The van der Waals surface area contributed by atoms with E-state index in [0.717, 1.165) is 11.3 Å². The number of anilines is 1. The van der Waals surface area contributed by atoms with Gasteiger partial charge < -0.3 is 5.32 Å². The maximum atomic E-state index is 10.7. The van der Waals surface area contributed by atoms with Gasteiger partial charge in [0.25, 0.3) is 5.91 Å². The third kappa shape index (κ3) is 1.82. The summed E-state index contributed by atoms with van der Waals surface area (Å²) in [5, 5.41) is 6.38. The SMILES string of the molecule is C#CC(=O)Nc1cscc1C. The summed E-state index contributed by atoms with van der Waals surface area (Å²) in [4.78, 5) is 10.7. The molecule has 0 aromatic carbocycles. The van der Waals surface area contributed by atoms with E-state index >= 15 is 0 Å². The van der Waals surface area contributed by atoms with Gasteiger partial charge in [0.2, 0.25) is 0 Å². The van der Waals surface area contributed by atoms with Crippen LogP contribution in [0.1, 0.15) is 5.56 Å². The molecule has 1 N–H and O–H groups in total. The summed E-state index contributed by atoms with van der Waals surface area (Å²) in [6.45, 7) is 1.92. The van der Waals surface area contributed by atoms with Gasteiger partial charge in [-0.2, -0.15) is 0 Å². The van der Waals surface area contributed by atoms with Crippen molar-refractivity contribution in [2.75, 3.05) is 5.32 Å². The standard InChI is InChI=1S/C8H7NOS/c1-3-8(10)9-7-5-11-4-6(7)2/h1,4-5H,2H3,(H,9,10). The number of rotatable bonds is 1. The Morgan fingerprint density at radius 2 is 2.45 bits per heavy atom. The fraction of sp³-hybridized carbons (Fsp3) is 0.125. The number of hydrogen-bond acceptors (Lipinski definition) is 2. The van der Waals surface area contributed by atoms with Gasteiger partial charge in [-0.1, -0.05) is 0 Å². The zero-order valence-electron chi connectivity index (χ0n) is 6.05. The van der Waals surface area contributed by atoms with E-state index in [1.807, 2.05) is 23.6 Å². The lowest BCUT2D eigenvalue weighted by atomic mass is 10.3. The third-order valence-electron chi connectivity index (χ3n) is 1.23. The van der Waals surface area contributed by atoms with E-state index in [9.17, 15) is 4.79 Å². The molecule has 0 aliphatic rings. The molecule has 0 unspecified atom stereocenters. The van der Waals surface area contributed by atoms with E-state index in [1.54, 1.807) is 0 Å². The molecule has 0 saturated carbocycles. The number of nitrogens with one attached hydrogen (secondary N) is 1. The molecule has 1 rings (SSSR count). The van der Waals surface area contributed by atoms with Crippen molar-refractivity contribution >= 4 is 22.9 Å². The van der Waals surface area contributed by atoms with Crippen molar-refractivity contribution in [2.24, 2.45) is 0 Å². The second-order valence-electron chi connectivity index (χ2n) is 2.07. The highest BCUT2D eigenvalue weighted by Crippen LogP contribution is 2.18. The first-order valence-electron chi connectivity index (χ1n) is 3.04. The Morgan fingerprint density at radius 3 is 2.91 bits per heavy atom. The smallest absolute Gasteiger partial charge is 0.300 e. The Kier molecular flexibility index (Phi) is 2.29. The quantitative estimate of drug-likeness (QED) is 0.629. The van der Waals surface area contributed by atoms with Crippen LogP contribution < -0.4 is 5.32 Å². The molecule has 1 heterocycles. The van der Waals surface area contributed by atoms with Crippen LogP contribution in [0.2, 0.25) is 0 Å². The van der Waals surface area contributed by atoms with Crippen molar-refractivity contribution < 1.29 is 4.79 Å². The van der Waals surface area contributed by atoms with E-state index in [4.69, 9.17) is 6.42 Å². The van der Waals surface area contributed by atoms with Crippen molar-refractivity contribution in [2.45, 2.75) is 6.92 Å². The summed E-state index contributed by atoms with van der Waals surface area (Å²) < 4.78 is 0. The van der Waals surface area contributed by atoms with Crippen LogP contribution >= 0.6 is 11.3 Å². The van der Waals surface area contributed by atoms with Crippen LogP contribution in [0.25, 0.3) is 0 Å². The molecule has 2 nitrogen and oxygen atoms in total. The summed E-state index contributed by atoms with van der Waals surface area (Å²) in [6, 6.07) is 0. The number of thiophene rings is 1. The van der Waals surface area contributed by atoms with Crippen LogP contribution in [0.3, 0.4) is 0 Å². The Labute approximate surface area is 69.2 Å². The highest BCUT2D eigenvalue weighted by molar-refractivity contribution is 7.08. The fourth-order valence-electron chi connectivity index (χ4n) is 0.647. The van der Waals surface area contributed by atoms with Crippen molar-refractivity contribution in [3.8, 4) is 12.3 Å². The van der Waals surface area contributed by atoms with Gasteiger partial charge in [-0.15, -0.1) is 17.8 Å². The molecule has 0 atom stereocenters. The summed E-state index contributed by atoms with van der Waals surface area (Å²) in [7, 11) is 0. The van der Waals surface area contributed by atoms with Gasteiger partial charge in [0.1, 0.15) is 0 Å². The molecule has 0 aliphatic heterocycles. The van der Waals surface area contributed by atoms with Gasteiger partial charge >= 0.3 is 0 Å². The zero-order chi connectivity index (χ0) is 8.27. The summed E-state index contributed by atoms with van der Waals surface area (Å²) in [5.74, 6) is 1.59. The molecular formula is C8H7NOS. The Balaban J connectivity index is 2.73. The molecule has 0 bridgehead atoms. The Hall–Kier alpha value is -1.27. The Bertz CT molecular complexity index is 308. The minimum atomic E-state index is -0.397. The Morgan fingerprint density at radius 1 is 1.73 bits per heavy atom. The highest BCUT2D eigenvalue weighted by Gasteiger charge is 2.00. The van der Waals surface area contributed by atoms with Crippen LogP contribution in [-0.4, -0.2) is 5.91 Å². The molecule has 3 heteroatoms. The molecule has 0 radical (unpaired) electrons. The maximum Gasteiger partial charge on any atom is 0.300 e. The van der Waals surface area contributed by atoms with Crippen molar-refractivity contribution in [3.63, 3.8) is 0 Å². The van der Waals surface area contributed by atoms with E-state index in [1.165, 1.54) is 11.3 Å². The number of terminal acetylenes is 1. The molecule has 0 aliphatic carbocycles. The summed E-state index contributed by atoms with van der Waals surface area (Å²) in [6.07, 6.45) is 4.88. The number of carbonyl (C=O) groups is 1. The van der Waals surface area contributed by atoms with Gasteiger partial charge in [0, 0.05) is 5.38 Å². The van der Waals surface area contributed by atoms with Gasteiger partial charge in [-0.25, -0.2) is 0 Å². The van der Waals surface area contributed by atoms with Crippen LogP contribution in [0.5, 0.6) is 0 Å². The lowest BCUT2D eigenvalue weighted by Gasteiger charge is -1.96. The van der Waals surface area contributed by atoms with Gasteiger partial charge in [0.15, 0.2) is 0 Å². The number of amides is 1. The van der Waals surface area contributed by atoms with Crippen LogP contribution in [0, 0.1) is 19.3 Å². The van der Waals surface area contributed by atoms with Crippen LogP contribution in [-0.2, 0) is 4.79 Å². The molecule has 1 amide bonds. The molecule has 1 aromatic rings. The van der Waals surface area contributed by atoms with Crippen LogP contribution in [0.4, 0.5) is 5.69 Å². The van der Waals surface area contributed by atoms with Crippen molar-refractivity contribution in [1.82, 2.24) is 0 Å². The second-order valence-corrected chi connectivity index (χ2v) is 2.81. The number of carbonyl (C=O) groups excluding carboxylic acids is 1. The minimum absolute atomic E-state index is 0.397. The first-order valence-corrected chi connectivity index (χ1v) is 3.98. The highest BCUT2D eigenvalue weighted by atomic mass is 32.1. The second kappa shape index (κ2) is 3.22. The van der Waals surface area contributed by atoms with E-state index in [0.29, 0.717) is 0 Å². The third-order valence-corrected chi connectivity index (χ3v) is 2.10. The molecule has 11 heavy (non-hydrogen) atoms. The molecule has 1 aromatic heterocycles. The van der Waals surface area contributed by atoms with Gasteiger partial charge in [-0.05, 0) is 23.8 Å². The summed E-state index contributed by atoms with van der Waals surface area (Å²) in [5.41, 5.74) is 1.84. The molecule has 0 fully saturated rings. The number of hydrogen-bond donors (Lipinski definition) is 1. The lowest BCUT2D eigenvalue weighted by molar-refractivity contribution is -0.111. The predicted octanol–water partition coefficient (Wildman–Crippen LogP) is 1.63. The average molecular weight is 165 g/mol. The normalized spacial score (nSPS) is 8.73. The summed E-state index contributed by atoms with van der Waals surface area (Å²) >= 11 is 1.54. The molecular weight excluding hydrogens is 158 g/mol. The monoisotopic (exact) mass is 165 g/mol. The van der Waals surface area contributed by atoms with Crippen LogP contribution in [0.15, 0.2) is 10.8 Å². The predicted molar refractivity (Wildman–Crippen MR) is 46.5 cm³/mol. The maximum absolute atomic E-state index is 10.7. The fourth-order valence-corrected chi connectivity index (χ4v) is 1.43. The first kappa shape index (κ1) is 7.83. The lowest BCUT2D eigenvalue weighted by Crippen LogP contribution is -2.07. The van der Waals surface area contributed by atoms with Gasteiger partial charge in [0.05, 0.1) is 5.69 Å². The topological polar surface area (TPSA) is 29.1 Å².